The lowest BCUT2D eigenvalue weighted by Crippen LogP contribution is -1.96. The third kappa shape index (κ3) is 3.28. The summed E-state index contributed by atoms with van der Waals surface area (Å²) in [4.78, 5) is 4.66. The lowest BCUT2D eigenvalue weighted by atomic mass is 9.96. The van der Waals surface area contributed by atoms with Crippen molar-refractivity contribution in [1.29, 1.82) is 5.26 Å². The molecule has 1 aromatic heterocycles. The van der Waals surface area contributed by atoms with Gasteiger partial charge in [-0.2, -0.15) is 5.26 Å². The van der Waals surface area contributed by atoms with Crippen LogP contribution < -0.4 is 5.32 Å². The molecule has 0 radical (unpaired) electrons. The zero-order chi connectivity index (χ0) is 22.6. The highest BCUT2D eigenvalue weighted by atomic mass is 32.2. The molecule has 0 saturated carbocycles. The molecule has 1 aliphatic rings. The van der Waals surface area contributed by atoms with E-state index in [1.807, 2.05) is 48.0 Å². The maximum Gasteiger partial charge on any atom is 0.201 e. The fourth-order valence-electron chi connectivity index (χ4n) is 4.18. The van der Waals surface area contributed by atoms with E-state index in [0.29, 0.717) is 21.6 Å². The van der Waals surface area contributed by atoms with Gasteiger partial charge in [-0.05, 0) is 59.5 Å². The van der Waals surface area contributed by atoms with Crippen molar-refractivity contribution in [3.05, 3.63) is 100 Å². The van der Waals surface area contributed by atoms with E-state index >= 15 is 0 Å². The minimum atomic E-state index is -3.58. The number of nitrogens with zero attached hydrogens (tertiary/aromatic N) is 2. The van der Waals surface area contributed by atoms with Crippen LogP contribution in [0.25, 0.3) is 26.6 Å². The Bertz CT molecular complexity index is 1760. The molecule has 0 aliphatic carbocycles. The predicted molar refractivity (Wildman–Crippen MR) is 132 cm³/mol. The molecule has 6 rings (SSSR count). The van der Waals surface area contributed by atoms with Crippen molar-refractivity contribution in [2.45, 2.75) is 4.90 Å². The van der Waals surface area contributed by atoms with Crippen molar-refractivity contribution in [1.82, 2.24) is 4.98 Å². The Labute approximate surface area is 194 Å². The quantitative estimate of drug-likeness (QED) is 0.341. The summed E-state index contributed by atoms with van der Waals surface area (Å²) in [5.74, 6) is 0. The van der Waals surface area contributed by atoms with E-state index in [0.717, 1.165) is 37.9 Å². The van der Waals surface area contributed by atoms with E-state index in [-0.39, 0.29) is 0 Å². The highest BCUT2D eigenvalue weighted by molar-refractivity contribution is 7.95. The first kappa shape index (κ1) is 19.7. The highest BCUT2D eigenvalue weighted by Gasteiger charge is 2.28. The molecule has 0 unspecified atom stereocenters. The van der Waals surface area contributed by atoms with Crippen molar-refractivity contribution in [3.8, 4) is 6.07 Å². The summed E-state index contributed by atoms with van der Waals surface area (Å²) >= 11 is 1.59. The summed E-state index contributed by atoms with van der Waals surface area (Å²) in [6.07, 6.45) is 0. The largest absolute Gasteiger partial charge is 0.355 e. The molecule has 158 valence electrons. The van der Waals surface area contributed by atoms with E-state index in [9.17, 15) is 8.42 Å². The SMILES string of the molecule is N#Cc1ccc(C2=CS(=O)(=O)c3cc4c(Nc5ccc6scnc6c5)cccc4cc32)cc1. The summed E-state index contributed by atoms with van der Waals surface area (Å²) in [6.45, 7) is 0. The summed E-state index contributed by atoms with van der Waals surface area (Å²) in [7, 11) is -3.58. The van der Waals surface area contributed by atoms with Crippen molar-refractivity contribution in [2.24, 2.45) is 0 Å². The van der Waals surface area contributed by atoms with E-state index in [1.54, 1.807) is 41.7 Å². The van der Waals surface area contributed by atoms with Crippen LogP contribution in [0, 0.1) is 11.3 Å². The number of nitrogens with one attached hydrogen (secondary N) is 1. The van der Waals surface area contributed by atoms with Crippen LogP contribution >= 0.6 is 11.3 Å². The smallest absolute Gasteiger partial charge is 0.201 e. The lowest BCUT2D eigenvalue weighted by molar-refractivity contribution is 0.605. The third-order valence-corrected chi connectivity index (χ3v) is 8.09. The first-order valence-corrected chi connectivity index (χ1v) is 12.6. The van der Waals surface area contributed by atoms with Gasteiger partial charge in [0.05, 0.1) is 32.3 Å². The monoisotopic (exact) mass is 465 g/mol. The van der Waals surface area contributed by atoms with Gasteiger partial charge in [0.1, 0.15) is 0 Å². The van der Waals surface area contributed by atoms with E-state index in [2.05, 4.69) is 16.4 Å². The van der Waals surface area contributed by atoms with Crippen molar-refractivity contribution in [3.63, 3.8) is 0 Å². The molecule has 33 heavy (non-hydrogen) atoms. The molecule has 1 N–H and O–H groups in total. The summed E-state index contributed by atoms with van der Waals surface area (Å²) in [5, 5.41) is 15.6. The molecule has 1 aliphatic heterocycles. The number of thiazole rings is 1. The second kappa shape index (κ2) is 7.27. The number of nitriles is 1. The average molecular weight is 466 g/mol. The molecule has 7 heteroatoms. The standard InChI is InChI=1S/C26H15N3O2S2/c27-13-16-4-6-17(7-5-16)22-14-33(30,31)26-12-20-18(10-21(22)26)2-1-3-23(20)29-19-8-9-25-24(11-19)28-15-32-25/h1-12,14-15,29H. The van der Waals surface area contributed by atoms with Crippen LogP contribution in [0.5, 0.6) is 0 Å². The number of sulfone groups is 1. The fourth-order valence-corrected chi connectivity index (χ4v) is 6.30. The molecular formula is C26H15N3O2S2. The number of hydrogen-bond acceptors (Lipinski definition) is 6. The van der Waals surface area contributed by atoms with Gasteiger partial charge in [-0.3, -0.25) is 0 Å². The molecular weight excluding hydrogens is 450 g/mol. The van der Waals surface area contributed by atoms with Gasteiger partial charge in [0.2, 0.25) is 9.84 Å². The van der Waals surface area contributed by atoms with Crippen molar-refractivity contribution >= 4 is 59.1 Å². The van der Waals surface area contributed by atoms with Crippen molar-refractivity contribution < 1.29 is 8.42 Å². The van der Waals surface area contributed by atoms with Gasteiger partial charge in [-0.15, -0.1) is 11.3 Å². The normalized spacial score (nSPS) is 14.1. The highest BCUT2D eigenvalue weighted by Crippen LogP contribution is 2.41. The molecule has 0 bridgehead atoms. The number of anilines is 2. The number of aromatic nitrogens is 1. The Hall–Kier alpha value is -3.99. The minimum absolute atomic E-state index is 0.290. The summed E-state index contributed by atoms with van der Waals surface area (Å²) in [6, 6.07) is 24.6. The minimum Gasteiger partial charge on any atom is -0.355 e. The van der Waals surface area contributed by atoms with Gasteiger partial charge in [0, 0.05) is 33.3 Å². The zero-order valence-corrected chi connectivity index (χ0v) is 18.7. The van der Waals surface area contributed by atoms with Crippen LogP contribution in [0.1, 0.15) is 16.7 Å². The van der Waals surface area contributed by atoms with Crippen LogP contribution in [0.4, 0.5) is 11.4 Å². The van der Waals surface area contributed by atoms with Crippen LogP contribution in [0.3, 0.4) is 0 Å². The lowest BCUT2D eigenvalue weighted by Gasteiger charge is -2.13. The van der Waals surface area contributed by atoms with Gasteiger partial charge in [0.25, 0.3) is 0 Å². The Balaban J connectivity index is 1.47. The first-order chi connectivity index (χ1) is 16.0. The summed E-state index contributed by atoms with van der Waals surface area (Å²) in [5.41, 5.74) is 7.07. The molecule has 0 amide bonds. The second-order valence-electron chi connectivity index (χ2n) is 7.80. The third-order valence-electron chi connectivity index (χ3n) is 5.78. The molecule has 0 saturated heterocycles. The number of hydrogen-bond donors (Lipinski definition) is 1. The van der Waals surface area contributed by atoms with Crippen LogP contribution in [0.15, 0.2) is 88.6 Å². The molecule has 5 aromatic rings. The number of benzene rings is 4. The predicted octanol–water partition coefficient (Wildman–Crippen LogP) is 6.24. The maximum absolute atomic E-state index is 13.0. The van der Waals surface area contributed by atoms with Crippen LogP contribution in [-0.4, -0.2) is 13.4 Å². The molecule has 2 heterocycles. The second-order valence-corrected chi connectivity index (χ2v) is 10.5. The Morgan fingerprint density at radius 2 is 1.82 bits per heavy atom. The van der Waals surface area contributed by atoms with E-state index in [1.165, 1.54) is 5.41 Å². The molecule has 0 spiro atoms. The Kier molecular flexibility index (Phi) is 4.34. The average Bonchev–Trinajstić information content (AvgIpc) is 3.40. The van der Waals surface area contributed by atoms with E-state index in [4.69, 9.17) is 5.26 Å². The van der Waals surface area contributed by atoms with Crippen LogP contribution in [-0.2, 0) is 9.84 Å². The van der Waals surface area contributed by atoms with Gasteiger partial charge in [-0.25, -0.2) is 13.4 Å². The fraction of sp³-hybridized carbons (Fsp3) is 0. The topological polar surface area (TPSA) is 82.8 Å². The molecule has 5 nitrogen and oxygen atoms in total. The van der Waals surface area contributed by atoms with Gasteiger partial charge < -0.3 is 5.32 Å². The van der Waals surface area contributed by atoms with Gasteiger partial charge in [-0.1, -0.05) is 24.3 Å². The Morgan fingerprint density at radius 3 is 2.64 bits per heavy atom. The summed E-state index contributed by atoms with van der Waals surface area (Å²) < 4.78 is 27.2. The Morgan fingerprint density at radius 1 is 0.970 bits per heavy atom. The van der Waals surface area contributed by atoms with E-state index < -0.39 is 9.84 Å². The van der Waals surface area contributed by atoms with Crippen molar-refractivity contribution in [2.75, 3.05) is 5.32 Å². The molecule has 4 aromatic carbocycles. The first-order valence-electron chi connectivity index (χ1n) is 10.2. The van der Waals surface area contributed by atoms with Crippen LogP contribution in [0.2, 0.25) is 0 Å². The van der Waals surface area contributed by atoms with Gasteiger partial charge >= 0.3 is 0 Å². The molecule has 0 atom stereocenters. The maximum atomic E-state index is 13.0. The number of fused-ring (bicyclic) bond motifs is 3. The number of rotatable bonds is 3. The zero-order valence-electron chi connectivity index (χ0n) is 17.1. The molecule has 0 fully saturated rings. The van der Waals surface area contributed by atoms with Gasteiger partial charge in [0.15, 0.2) is 0 Å².